The van der Waals surface area contributed by atoms with Crippen molar-refractivity contribution in [2.45, 2.75) is 98.3 Å². The molecule has 0 spiro atoms. The minimum absolute atomic E-state index is 1.23. The van der Waals surface area contributed by atoms with Gasteiger partial charge in [0.15, 0.2) is 0 Å². The number of thiophene rings is 1. The molecule has 3 rings (SSSR count). The van der Waals surface area contributed by atoms with E-state index < -0.39 is 0 Å². The lowest BCUT2D eigenvalue weighted by molar-refractivity contribution is 0.632. The fourth-order valence-electron chi connectivity index (χ4n) is 4.46. The Balaban J connectivity index is 1.82. The number of fused-ring (bicyclic) bond motifs is 3. The molecule has 0 N–H and O–H groups in total. The normalized spacial score (nSPS) is 11.7. The first-order valence-electron chi connectivity index (χ1n) is 11.6. The molecule has 1 heterocycles. The molecule has 1 aromatic heterocycles. The lowest BCUT2D eigenvalue weighted by Gasteiger charge is -2.07. The van der Waals surface area contributed by atoms with Crippen LogP contribution in [0.4, 0.5) is 0 Å². The molecule has 0 amide bonds. The van der Waals surface area contributed by atoms with E-state index in [0.717, 1.165) is 0 Å². The summed E-state index contributed by atoms with van der Waals surface area (Å²) >= 11 is 2.03. The highest BCUT2D eigenvalue weighted by Crippen LogP contribution is 2.40. The summed E-state index contributed by atoms with van der Waals surface area (Å²) < 4.78 is 3.04. The smallest absolute Gasteiger partial charge is 0.0387 e. The summed E-state index contributed by atoms with van der Waals surface area (Å²) in [6.07, 6.45) is 14.6. The summed E-state index contributed by atoms with van der Waals surface area (Å²) in [6.45, 7) is 9.27. The molecule has 0 aliphatic heterocycles. The van der Waals surface area contributed by atoms with Gasteiger partial charge in [-0.2, -0.15) is 0 Å². The quantitative estimate of drug-likeness (QED) is 0.284. The van der Waals surface area contributed by atoms with Gasteiger partial charge in [-0.3, -0.25) is 0 Å². The topological polar surface area (TPSA) is 0 Å². The lowest BCUT2D eigenvalue weighted by Crippen LogP contribution is -1.91. The van der Waals surface area contributed by atoms with Crippen molar-refractivity contribution in [2.75, 3.05) is 0 Å². The van der Waals surface area contributed by atoms with E-state index in [2.05, 4.69) is 52.0 Å². The number of hydrogen-bond acceptors (Lipinski definition) is 1. The van der Waals surface area contributed by atoms with Crippen LogP contribution in [0.25, 0.3) is 20.2 Å². The van der Waals surface area contributed by atoms with Crippen LogP contribution >= 0.6 is 11.3 Å². The Morgan fingerprint density at radius 1 is 0.571 bits per heavy atom. The maximum Gasteiger partial charge on any atom is 0.0387 e. The van der Waals surface area contributed by atoms with E-state index in [1.54, 1.807) is 11.1 Å². The molecule has 0 atom stereocenters. The Hall–Kier alpha value is -1.34. The predicted octanol–water partition coefficient (Wildman–Crippen LogP) is 9.31. The summed E-state index contributed by atoms with van der Waals surface area (Å²) in [5, 5.41) is 2.93. The van der Waals surface area contributed by atoms with Crippen LogP contribution in [0.2, 0.25) is 0 Å². The molecule has 1 heteroatoms. The van der Waals surface area contributed by atoms with Gasteiger partial charge in [0.25, 0.3) is 0 Å². The monoisotopic (exact) mass is 394 g/mol. The molecule has 0 fully saturated rings. The Morgan fingerprint density at radius 2 is 1.00 bits per heavy atom. The highest BCUT2D eigenvalue weighted by molar-refractivity contribution is 7.26. The number of aryl methyl sites for hydroxylation is 4. The zero-order valence-electron chi connectivity index (χ0n) is 18.5. The van der Waals surface area contributed by atoms with Crippen molar-refractivity contribution in [3.05, 3.63) is 46.5 Å². The van der Waals surface area contributed by atoms with Gasteiger partial charge in [-0.1, -0.05) is 83.1 Å². The zero-order chi connectivity index (χ0) is 19.9. The van der Waals surface area contributed by atoms with Gasteiger partial charge in [0.1, 0.15) is 0 Å². The molecule has 28 heavy (non-hydrogen) atoms. The number of unbranched alkanes of at least 4 members (excludes halogenated alkanes) is 7. The number of benzene rings is 2. The maximum absolute atomic E-state index is 2.40. The van der Waals surface area contributed by atoms with Crippen molar-refractivity contribution in [1.82, 2.24) is 0 Å². The molecule has 0 bridgehead atoms. The van der Waals surface area contributed by atoms with Gasteiger partial charge < -0.3 is 0 Å². The molecule has 0 aliphatic rings. The van der Waals surface area contributed by atoms with Crippen molar-refractivity contribution in [3.8, 4) is 0 Å². The maximum atomic E-state index is 2.40. The lowest BCUT2D eigenvalue weighted by atomic mass is 9.97. The second-order valence-corrected chi connectivity index (χ2v) is 9.55. The highest BCUT2D eigenvalue weighted by atomic mass is 32.1. The largest absolute Gasteiger partial charge is 0.135 e. The molecule has 152 valence electrons. The fraction of sp³-hybridized carbons (Fsp3) is 0.556. The van der Waals surface area contributed by atoms with Crippen LogP contribution < -0.4 is 0 Å². The van der Waals surface area contributed by atoms with Gasteiger partial charge in [-0.25, -0.2) is 0 Å². The van der Waals surface area contributed by atoms with Gasteiger partial charge in [-0.15, -0.1) is 11.3 Å². The van der Waals surface area contributed by atoms with Gasteiger partial charge in [-0.05, 0) is 61.8 Å². The first-order valence-corrected chi connectivity index (χ1v) is 12.4. The predicted molar refractivity (Wildman–Crippen MR) is 129 cm³/mol. The van der Waals surface area contributed by atoms with Gasteiger partial charge in [0.05, 0.1) is 0 Å². The first kappa shape index (κ1) is 21.4. The molecular weight excluding hydrogens is 356 g/mol. The molecule has 2 aromatic carbocycles. The number of hydrogen-bond donors (Lipinski definition) is 0. The third-order valence-corrected chi connectivity index (χ3v) is 7.84. The molecule has 0 nitrogen and oxygen atoms in total. The average molecular weight is 395 g/mol. The van der Waals surface area contributed by atoms with Gasteiger partial charge >= 0.3 is 0 Å². The fourth-order valence-corrected chi connectivity index (χ4v) is 5.81. The summed E-state index contributed by atoms with van der Waals surface area (Å²) in [5.41, 5.74) is 6.17. The van der Waals surface area contributed by atoms with Crippen LogP contribution in [0.1, 0.15) is 93.9 Å². The van der Waals surface area contributed by atoms with Crippen LogP contribution in [0, 0.1) is 13.8 Å². The summed E-state index contributed by atoms with van der Waals surface area (Å²) in [6, 6.07) is 9.58. The van der Waals surface area contributed by atoms with Crippen LogP contribution in [0.5, 0.6) is 0 Å². The molecule has 0 aliphatic carbocycles. The van der Waals surface area contributed by atoms with E-state index in [4.69, 9.17) is 0 Å². The van der Waals surface area contributed by atoms with Crippen molar-refractivity contribution >= 4 is 31.5 Å². The average Bonchev–Trinajstić information content (AvgIpc) is 3.08. The van der Waals surface area contributed by atoms with E-state index in [1.165, 1.54) is 102 Å². The van der Waals surface area contributed by atoms with E-state index in [0.29, 0.717) is 0 Å². The summed E-state index contributed by atoms with van der Waals surface area (Å²) in [5.74, 6) is 0. The van der Waals surface area contributed by atoms with E-state index >= 15 is 0 Å². The second kappa shape index (κ2) is 10.4. The van der Waals surface area contributed by atoms with E-state index in [9.17, 15) is 0 Å². The Morgan fingerprint density at radius 3 is 1.46 bits per heavy atom. The van der Waals surface area contributed by atoms with Crippen LogP contribution in [0.15, 0.2) is 24.3 Å². The molecule has 0 saturated carbocycles. The van der Waals surface area contributed by atoms with Crippen molar-refractivity contribution in [1.29, 1.82) is 0 Å². The van der Waals surface area contributed by atoms with E-state index in [-0.39, 0.29) is 0 Å². The Bertz CT molecular complexity index is 900. The Labute approximate surface area is 176 Å². The molecule has 0 unspecified atom stereocenters. The highest BCUT2D eigenvalue weighted by Gasteiger charge is 2.13. The van der Waals surface area contributed by atoms with Crippen molar-refractivity contribution in [3.63, 3.8) is 0 Å². The first-order chi connectivity index (χ1) is 13.7. The molecule has 3 aromatic rings. The van der Waals surface area contributed by atoms with E-state index in [1.807, 2.05) is 11.3 Å². The standard InChI is InChI=1S/C27H38S/c1-5-7-9-11-13-15-23-17-19-25-24-18-16-22(14-12-10-8-6-2)20(3)26(24)28-27(25)21(23)4/h16-19H,5-15H2,1-4H3. The molecular formula is C27H38S. The van der Waals surface area contributed by atoms with Crippen LogP contribution in [-0.2, 0) is 12.8 Å². The third-order valence-electron chi connectivity index (χ3n) is 6.38. The Kier molecular flexibility index (Phi) is 7.97. The number of rotatable bonds is 11. The SMILES string of the molecule is CCCCCCCc1ccc2c(sc3c(C)c(CCCCCC)ccc32)c1C. The third kappa shape index (κ3) is 4.79. The van der Waals surface area contributed by atoms with Crippen LogP contribution in [0.3, 0.4) is 0 Å². The van der Waals surface area contributed by atoms with Gasteiger partial charge in [0, 0.05) is 20.2 Å². The second-order valence-electron chi connectivity index (χ2n) is 8.53. The van der Waals surface area contributed by atoms with Crippen LogP contribution in [-0.4, -0.2) is 0 Å². The van der Waals surface area contributed by atoms with Crippen molar-refractivity contribution < 1.29 is 0 Å². The zero-order valence-corrected chi connectivity index (χ0v) is 19.3. The molecule has 0 radical (unpaired) electrons. The summed E-state index contributed by atoms with van der Waals surface area (Å²) in [7, 11) is 0. The minimum Gasteiger partial charge on any atom is -0.135 e. The van der Waals surface area contributed by atoms with Gasteiger partial charge in [0.2, 0.25) is 0 Å². The van der Waals surface area contributed by atoms with Crippen molar-refractivity contribution in [2.24, 2.45) is 0 Å². The minimum atomic E-state index is 1.23. The summed E-state index contributed by atoms with van der Waals surface area (Å²) in [4.78, 5) is 0. The molecule has 0 saturated heterocycles.